The number of aromatic amines is 1. The third-order valence-corrected chi connectivity index (χ3v) is 3.51. The molecule has 1 aliphatic rings. The molecule has 0 bridgehead atoms. The van der Waals surface area contributed by atoms with Crippen LogP contribution < -0.4 is 11.0 Å². The molecular formula is C16H17N5O. The molecule has 6 heteroatoms. The highest BCUT2D eigenvalue weighted by molar-refractivity contribution is 5.62. The summed E-state index contributed by atoms with van der Waals surface area (Å²) in [6.07, 6.45) is 9.38. The van der Waals surface area contributed by atoms with E-state index in [9.17, 15) is 4.79 Å². The fourth-order valence-corrected chi connectivity index (χ4v) is 2.33. The summed E-state index contributed by atoms with van der Waals surface area (Å²) in [7, 11) is 0. The molecule has 0 spiro atoms. The number of nitrogens with one attached hydrogen (secondary N) is 2. The molecule has 0 amide bonds. The molecule has 1 heterocycles. The van der Waals surface area contributed by atoms with Crippen LogP contribution >= 0.6 is 0 Å². The van der Waals surface area contributed by atoms with E-state index in [1.807, 2.05) is 36.5 Å². The third kappa shape index (κ3) is 3.46. The molecule has 0 unspecified atom stereocenters. The molecular weight excluding hydrogens is 278 g/mol. The van der Waals surface area contributed by atoms with E-state index in [4.69, 9.17) is 0 Å². The van der Waals surface area contributed by atoms with Gasteiger partial charge >= 0.3 is 0 Å². The summed E-state index contributed by atoms with van der Waals surface area (Å²) in [5, 5.41) is 12.1. The Kier molecular flexibility index (Phi) is 4.38. The van der Waals surface area contributed by atoms with Crippen molar-refractivity contribution >= 4 is 12.2 Å². The number of anilines is 1. The number of aromatic nitrogens is 3. The summed E-state index contributed by atoms with van der Waals surface area (Å²) in [5.74, 6) is 0.674. The zero-order valence-corrected chi connectivity index (χ0v) is 12.1. The number of rotatable bonds is 4. The standard InChI is InChI=1S/C16H17N5O/c22-15-14(13-9-5-2-6-10-13)19-21-16(18-15)20-17-11-12-7-3-1-4-8-12/h1-3,5-6,9-12H,4,7-8H2,(H2,18,20,21,22)/b17-11-/t12-/m0/s1. The van der Waals surface area contributed by atoms with Crippen LogP contribution in [0.1, 0.15) is 19.3 Å². The molecule has 6 nitrogen and oxygen atoms in total. The first-order chi connectivity index (χ1) is 10.8. The van der Waals surface area contributed by atoms with Crippen LogP contribution in [0.25, 0.3) is 11.3 Å². The van der Waals surface area contributed by atoms with Crippen LogP contribution in [-0.2, 0) is 0 Å². The Morgan fingerprint density at radius 3 is 2.82 bits per heavy atom. The van der Waals surface area contributed by atoms with Gasteiger partial charge in [-0.25, -0.2) is 5.43 Å². The van der Waals surface area contributed by atoms with Crippen LogP contribution in [0.2, 0.25) is 0 Å². The van der Waals surface area contributed by atoms with Crippen LogP contribution in [0.3, 0.4) is 0 Å². The van der Waals surface area contributed by atoms with Gasteiger partial charge in [0.1, 0.15) is 0 Å². The van der Waals surface area contributed by atoms with Crippen molar-refractivity contribution in [3.8, 4) is 11.3 Å². The smallest absolute Gasteiger partial charge is 0.279 e. The van der Waals surface area contributed by atoms with Gasteiger partial charge in [-0.05, 0) is 25.2 Å². The zero-order chi connectivity index (χ0) is 15.2. The van der Waals surface area contributed by atoms with E-state index in [1.54, 1.807) is 0 Å². The maximum Gasteiger partial charge on any atom is 0.279 e. The molecule has 2 aromatic rings. The number of hydrazone groups is 1. The highest BCUT2D eigenvalue weighted by atomic mass is 16.1. The number of H-pyrrole nitrogens is 1. The summed E-state index contributed by atoms with van der Waals surface area (Å²) in [6.45, 7) is 0. The van der Waals surface area contributed by atoms with Gasteiger partial charge in [-0.15, -0.1) is 10.2 Å². The predicted octanol–water partition coefficient (Wildman–Crippen LogP) is 2.59. The van der Waals surface area contributed by atoms with Crippen molar-refractivity contribution in [3.63, 3.8) is 0 Å². The van der Waals surface area contributed by atoms with Crippen LogP contribution in [-0.4, -0.2) is 21.4 Å². The Bertz CT molecular complexity index is 736. The Morgan fingerprint density at radius 1 is 1.23 bits per heavy atom. The molecule has 0 saturated heterocycles. The third-order valence-electron chi connectivity index (χ3n) is 3.51. The average Bonchev–Trinajstić information content (AvgIpc) is 2.57. The Balaban J connectivity index is 1.68. The molecule has 3 rings (SSSR count). The molecule has 0 radical (unpaired) electrons. The van der Waals surface area contributed by atoms with E-state index in [-0.39, 0.29) is 11.5 Å². The Hall–Kier alpha value is -2.76. The van der Waals surface area contributed by atoms with Crippen molar-refractivity contribution in [2.45, 2.75) is 19.3 Å². The first-order valence-corrected chi connectivity index (χ1v) is 7.29. The molecule has 1 aliphatic carbocycles. The minimum atomic E-state index is -0.292. The number of nitrogens with zero attached hydrogens (tertiary/aromatic N) is 3. The molecule has 1 aromatic carbocycles. The van der Waals surface area contributed by atoms with Crippen molar-refractivity contribution in [3.05, 3.63) is 52.8 Å². The van der Waals surface area contributed by atoms with Gasteiger partial charge in [0.25, 0.3) is 5.56 Å². The molecule has 1 aromatic heterocycles. The maximum absolute atomic E-state index is 12.0. The molecule has 0 fully saturated rings. The molecule has 2 N–H and O–H groups in total. The van der Waals surface area contributed by atoms with E-state index >= 15 is 0 Å². The molecule has 112 valence electrons. The molecule has 0 aliphatic heterocycles. The second kappa shape index (κ2) is 6.80. The predicted molar refractivity (Wildman–Crippen MR) is 86.7 cm³/mol. The topological polar surface area (TPSA) is 83.0 Å². The minimum absolute atomic E-state index is 0.243. The second-order valence-corrected chi connectivity index (χ2v) is 5.15. The highest BCUT2D eigenvalue weighted by Crippen LogP contribution is 2.15. The number of hydrogen-bond donors (Lipinski definition) is 2. The largest absolute Gasteiger partial charge is 0.288 e. The second-order valence-electron chi connectivity index (χ2n) is 5.15. The van der Waals surface area contributed by atoms with Crippen molar-refractivity contribution in [2.24, 2.45) is 11.0 Å². The first-order valence-electron chi connectivity index (χ1n) is 7.29. The number of allylic oxidation sites excluding steroid dienone is 2. The van der Waals surface area contributed by atoms with Crippen molar-refractivity contribution < 1.29 is 0 Å². The van der Waals surface area contributed by atoms with Gasteiger partial charge in [-0.2, -0.15) is 5.10 Å². The lowest BCUT2D eigenvalue weighted by molar-refractivity contribution is 0.627. The van der Waals surface area contributed by atoms with Crippen LogP contribution in [0.15, 0.2) is 52.4 Å². The summed E-state index contributed by atoms with van der Waals surface area (Å²) in [6, 6.07) is 9.23. The van der Waals surface area contributed by atoms with Gasteiger partial charge in [0.15, 0.2) is 5.69 Å². The zero-order valence-electron chi connectivity index (χ0n) is 12.1. The van der Waals surface area contributed by atoms with Gasteiger partial charge in [0, 0.05) is 11.8 Å². The van der Waals surface area contributed by atoms with E-state index in [0.717, 1.165) is 24.8 Å². The van der Waals surface area contributed by atoms with Crippen molar-refractivity contribution in [1.82, 2.24) is 15.2 Å². The number of hydrogen-bond acceptors (Lipinski definition) is 5. The van der Waals surface area contributed by atoms with Crippen molar-refractivity contribution in [1.29, 1.82) is 0 Å². The quantitative estimate of drug-likeness (QED) is 0.516. The van der Waals surface area contributed by atoms with Gasteiger partial charge in [0.05, 0.1) is 0 Å². The van der Waals surface area contributed by atoms with E-state index in [2.05, 4.69) is 37.9 Å². The van der Waals surface area contributed by atoms with E-state index in [0.29, 0.717) is 11.6 Å². The first kappa shape index (κ1) is 14.2. The highest BCUT2D eigenvalue weighted by Gasteiger charge is 2.08. The fourth-order valence-electron chi connectivity index (χ4n) is 2.33. The van der Waals surface area contributed by atoms with Crippen LogP contribution in [0.5, 0.6) is 0 Å². The van der Waals surface area contributed by atoms with Crippen LogP contribution in [0, 0.1) is 5.92 Å². The lowest BCUT2D eigenvalue weighted by Crippen LogP contribution is -2.15. The average molecular weight is 295 g/mol. The van der Waals surface area contributed by atoms with Gasteiger partial charge < -0.3 is 0 Å². The Morgan fingerprint density at radius 2 is 2.09 bits per heavy atom. The molecule has 1 atom stereocenters. The maximum atomic E-state index is 12.0. The van der Waals surface area contributed by atoms with E-state index < -0.39 is 0 Å². The summed E-state index contributed by atoms with van der Waals surface area (Å²) in [5.41, 5.74) is 3.47. The number of benzene rings is 1. The SMILES string of the molecule is O=c1[nH]c(N/N=C\[C@H]2CC=CCC2)nnc1-c1ccccc1. The monoisotopic (exact) mass is 295 g/mol. The minimum Gasteiger partial charge on any atom is -0.288 e. The Labute approximate surface area is 128 Å². The normalized spacial score (nSPS) is 17.7. The summed E-state index contributed by atoms with van der Waals surface area (Å²) < 4.78 is 0. The lowest BCUT2D eigenvalue weighted by atomic mass is 9.96. The van der Waals surface area contributed by atoms with Crippen molar-refractivity contribution in [2.75, 3.05) is 5.43 Å². The summed E-state index contributed by atoms with van der Waals surface area (Å²) >= 11 is 0. The molecule has 22 heavy (non-hydrogen) atoms. The lowest BCUT2D eigenvalue weighted by Gasteiger charge is -2.11. The fraction of sp³-hybridized carbons (Fsp3) is 0.250. The van der Waals surface area contributed by atoms with E-state index in [1.165, 1.54) is 0 Å². The van der Waals surface area contributed by atoms with Gasteiger partial charge in [-0.3, -0.25) is 9.78 Å². The van der Waals surface area contributed by atoms with Crippen LogP contribution in [0.4, 0.5) is 5.95 Å². The molecule has 0 saturated carbocycles. The van der Waals surface area contributed by atoms with Gasteiger partial charge in [0.2, 0.25) is 5.95 Å². The van der Waals surface area contributed by atoms with Gasteiger partial charge in [-0.1, -0.05) is 42.5 Å². The summed E-state index contributed by atoms with van der Waals surface area (Å²) in [4.78, 5) is 14.7.